The van der Waals surface area contributed by atoms with Crippen LogP contribution in [0.5, 0.6) is 0 Å². The molecule has 0 amide bonds. The zero-order chi connectivity index (χ0) is 11.3. The topological polar surface area (TPSA) is 12.0 Å². The number of hydrogen-bond donors (Lipinski definition) is 1. The van der Waals surface area contributed by atoms with E-state index in [-0.39, 0.29) is 0 Å². The second-order valence-electron chi connectivity index (χ2n) is 4.78. The zero-order valence-electron chi connectivity index (χ0n) is 10.3. The van der Waals surface area contributed by atoms with Gasteiger partial charge in [0.1, 0.15) is 0 Å². The highest BCUT2D eigenvalue weighted by Crippen LogP contribution is 2.19. The van der Waals surface area contributed by atoms with Gasteiger partial charge in [-0.15, -0.1) is 11.3 Å². The van der Waals surface area contributed by atoms with Crippen LogP contribution in [0, 0.1) is 5.92 Å². The van der Waals surface area contributed by atoms with Gasteiger partial charge in [-0.1, -0.05) is 19.9 Å². The van der Waals surface area contributed by atoms with Gasteiger partial charge in [0.15, 0.2) is 0 Å². The van der Waals surface area contributed by atoms with Crippen molar-refractivity contribution < 1.29 is 0 Å². The molecule has 0 aliphatic heterocycles. The van der Waals surface area contributed by atoms with Gasteiger partial charge in [0.2, 0.25) is 0 Å². The van der Waals surface area contributed by atoms with Crippen LogP contribution in [0.2, 0.25) is 0 Å². The van der Waals surface area contributed by atoms with E-state index in [2.05, 4.69) is 50.5 Å². The summed E-state index contributed by atoms with van der Waals surface area (Å²) in [5.41, 5.74) is 0. The van der Waals surface area contributed by atoms with Gasteiger partial charge in [0.25, 0.3) is 0 Å². The van der Waals surface area contributed by atoms with Crippen molar-refractivity contribution in [1.29, 1.82) is 0 Å². The molecular formula is C13H23NS. The first-order valence-electron chi connectivity index (χ1n) is 5.89. The monoisotopic (exact) mass is 225 g/mol. The lowest BCUT2D eigenvalue weighted by molar-refractivity contribution is 0.419. The predicted molar refractivity (Wildman–Crippen MR) is 69.4 cm³/mol. The van der Waals surface area contributed by atoms with Crippen LogP contribution >= 0.6 is 11.3 Å². The number of rotatable bonds is 6. The van der Waals surface area contributed by atoms with Crippen molar-refractivity contribution in [2.45, 2.75) is 52.6 Å². The van der Waals surface area contributed by atoms with Crippen LogP contribution in [0.1, 0.15) is 51.5 Å². The molecule has 1 N–H and O–H groups in total. The molecule has 0 radical (unpaired) electrons. The van der Waals surface area contributed by atoms with Crippen LogP contribution in [0.25, 0.3) is 0 Å². The van der Waals surface area contributed by atoms with Crippen molar-refractivity contribution in [1.82, 2.24) is 5.32 Å². The molecule has 15 heavy (non-hydrogen) atoms. The highest BCUT2D eigenvalue weighted by molar-refractivity contribution is 7.10. The molecule has 0 saturated heterocycles. The average Bonchev–Trinajstić information content (AvgIpc) is 2.67. The normalized spacial score (nSPS) is 15.5. The van der Waals surface area contributed by atoms with Gasteiger partial charge >= 0.3 is 0 Å². The van der Waals surface area contributed by atoms with Crippen molar-refractivity contribution in [3.05, 3.63) is 22.4 Å². The summed E-state index contributed by atoms with van der Waals surface area (Å²) in [6.45, 7) is 9.11. The van der Waals surface area contributed by atoms with Crippen LogP contribution in [0.4, 0.5) is 0 Å². The van der Waals surface area contributed by atoms with Gasteiger partial charge in [-0.3, -0.25) is 0 Å². The molecule has 0 aliphatic carbocycles. The van der Waals surface area contributed by atoms with Gasteiger partial charge in [-0.05, 0) is 44.1 Å². The smallest absolute Gasteiger partial charge is 0.0388 e. The Morgan fingerprint density at radius 2 is 1.93 bits per heavy atom. The summed E-state index contributed by atoms with van der Waals surface area (Å²) in [5, 5.41) is 5.79. The average molecular weight is 225 g/mol. The van der Waals surface area contributed by atoms with E-state index in [1.807, 2.05) is 11.3 Å². The summed E-state index contributed by atoms with van der Waals surface area (Å²) in [6, 6.07) is 5.44. The lowest BCUT2D eigenvalue weighted by atomic mass is 10.0. The van der Waals surface area contributed by atoms with Gasteiger partial charge in [0, 0.05) is 17.0 Å². The molecule has 2 atom stereocenters. The van der Waals surface area contributed by atoms with Crippen molar-refractivity contribution in [2.75, 3.05) is 0 Å². The summed E-state index contributed by atoms with van der Waals surface area (Å²) in [4.78, 5) is 1.44. The highest BCUT2D eigenvalue weighted by Gasteiger charge is 2.10. The van der Waals surface area contributed by atoms with Gasteiger partial charge in [-0.2, -0.15) is 0 Å². The Balaban J connectivity index is 2.28. The van der Waals surface area contributed by atoms with Gasteiger partial charge < -0.3 is 5.32 Å². The Morgan fingerprint density at radius 3 is 2.47 bits per heavy atom. The molecule has 2 heteroatoms. The van der Waals surface area contributed by atoms with E-state index in [1.165, 1.54) is 17.7 Å². The minimum absolute atomic E-state index is 0.493. The quantitative estimate of drug-likeness (QED) is 0.764. The molecule has 86 valence electrons. The Bertz CT molecular complexity index is 254. The largest absolute Gasteiger partial charge is 0.307 e. The summed E-state index contributed by atoms with van der Waals surface area (Å²) >= 11 is 1.83. The first-order valence-corrected chi connectivity index (χ1v) is 6.77. The summed E-state index contributed by atoms with van der Waals surface area (Å²) in [5.74, 6) is 0.811. The Labute approximate surface area is 97.9 Å². The van der Waals surface area contributed by atoms with E-state index in [0.29, 0.717) is 12.1 Å². The van der Waals surface area contributed by atoms with E-state index < -0.39 is 0 Å². The fourth-order valence-corrected chi connectivity index (χ4v) is 2.46. The Hall–Kier alpha value is -0.340. The molecular weight excluding hydrogens is 202 g/mol. The summed E-state index contributed by atoms with van der Waals surface area (Å²) in [6.07, 6.45) is 2.58. The van der Waals surface area contributed by atoms with E-state index in [0.717, 1.165) is 5.92 Å². The van der Waals surface area contributed by atoms with Crippen molar-refractivity contribution >= 4 is 11.3 Å². The minimum atomic E-state index is 0.493. The summed E-state index contributed by atoms with van der Waals surface area (Å²) in [7, 11) is 0. The van der Waals surface area contributed by atoms with Crippen LogP contribution in [-0.2, 0) is 0 Å². The molecule has 1 unspecified atom stereocenters. The zero-order valence-corrected chi connectivity index (χ0v) is 11.1. The molecule has 0 aliphatic rings. The molecule has 1 nitrogen and oxygen atoms in total. The second-order valence-corrected chi connectivity index (χ2v) is 5.76. The van der Waals surface area contributed by atoms with E-state index in [4.69, 9.17) is 0 Å². The van der Waals surface area contributed by atoms with E-state index in [9.17, 15) is 0 Å². The number of thiophene rings is 1. The maximum Gasteiger partial charge on any atom is 0.0388 e. The molecule has 0 spiro atoms. The third-order valence-electron chi connectivity index (χ3n) is 2.68. The SMILES string of the molecule is CC(C)CCC(C)N[C@H](C)c1cccs1. The molecule has 1 aromatic rings. The molecule has 1 aromatic heterocycles. The molecule has 1 heterocycles. The summed E-state index contributed by atoms with van der Waals surface area (Å²) < 4.78 is 0. The van der Waals surface area contributed by atoms with Crippen molar-refractivity contribution in [3.63, 3.8) is 0 Å². The third kappa shape index (κ3) is 4.80. The van der Waals surface area contributed by atoms with Crippen LogP contribution < -0.4 is 5.32 Å². The predicted octanol–water partition coefficient (Wildman–Crippen LogP) is 4.22. The highest BCUT2D eigenvalue weighted by atomic mass is 32.1. The first kappa shape index (κ1) is 12.7. The fraction of sp³-hybridized carbons (Fsp3) is 0.692. The molecule has 0 aromatic carbocycles. The van der Waals surface area contributed by atoms with Crippen LogP contribution in [-0.4, -0.2) is 6.04 Å². The molecule has 0 fully saturated rings. The fourth-order valence-electron chi connectivity index (χ4n) is 1.71. The maximum absolute atomic E-state index is 3.65. The van der Waals surface area contributed by atoms with E-state index >= 15 is 0 Å². The standard InChI is InChI=1S/C13H23NS/c1-10(2)7-8-11(3)14-12(4)13-6-5-9-15-13/h5-6,9-12,14H,7-8H2,1-4H3/t11?,12-/m1/s1. The lowest BCUT2D eigenvalue weighted by Crippen LogP contribution is -2.28. The van der Waals surface area contributed by atoms with Crippen LogP contribution in [0.3, 0.4) is 0 Å². The Kier molecular flexibility index (Phi) is 5.34. The Morgan fingerprint density at radius 1 is 1.20 bits per heavy atom. The van der Waals surface area contributed by atoms with Gasteiger partial charge in [0.05, 0.1) is 0 Å². The lowest BCUT2D eigenvalue weighted by Gasteiger charge is -2.19. The molecule has 0 bridgehead atoms. The van der Waals surface area contributed by atoms with Gasteiger partial charge in [-0.25, -0.2) is 0 Å². The van der Waals surface area contributed by atoms with Crippen molar-refractivity contribution in [2.24, 2.45) is 5.92 Å². The minimum Gasteiger partial charge on any atom is -0.307 e. The molecule has 0 saturated carbocycles. The van der Waals surface area contributed by atoms with Crippen molar-refractivity contribution in [3.8, 4) is 0 Å². The maximum atomic E-state index is 3.65. The van der Waals surface area contributed by atoms with E-state index in [1.54, 1.807) is 0 Å². The number of nitrogens with one attached hydrogen (secondary N) is 1. The first-order chi connectivity index (χ1) is 7.09. The molecule has 1 rings (SSSR count). The third-order valence-corrected chi connectivity index (χ3v) is 3.74. The number of hydrogen-bond acceptors (Lipinski definition) is 2. The van der Waals surface area contributed by atoms with Crippen LogP contribution in [0.15, 0.2) is 17.5 Å². The second kappa shape index (κ2) is 6.29.